The largest absolute Gasteiger partial charge is 0.396 e. The SMILES string of the molecule is CCN(CCCO)c1ccc([C@@H](C)O)nc1. The second-order valence-corrected chi connectivity index (χ2v) is 3.77. The number of rotatable bonds is 6. The van der Waals surface area contributed by atoms with Gasteiger partial charge in [0.15, 0.2) is 0 Å². The van der Waals surface area contributed by atoms with Crippen LogP contribution in [0.25, 0.3) is 0 Å². The Hall–Kier alpha value is -1.13. The zero-order valence-electron chi connectivity index (χ0n) is 9.93. The average Bonchev–Trinajstić information content (AvgIpc) is 2.30. The molecule has 1 rings (SSSR count). The minimum absolute atomic E-state index is 0.204. The van der Waals surface area contributed by atoms with Crippen LogP contribution >= 0.6 is 0 Å². The molecule has 4 heteroatoms. The first kappa shape index (κ1) is 12.9. The highest BCUT2D eigenvalue weighted by Gasteiger charge is 2.06. The van der Waals surface area contributed by atoms with Gasteiger partial charge in [-0.2, -0.15) is 0 Å². The Morgan fingerprint density at radius 2 is 2.19 bits per heavy atom. The molecule has 0 fully saturated rings. The van der Waals surface area contributed by atoms with Crippen LogP contribution in [0, 0.1) is 0 Å². The maximum absolute atomic E-state index is 9.34. The van der Waals surface area contributed by atoms with E-state index < -0.39 is 6.10 Å². The summed E-state index contributed by atoms with van der Waals surface area (Å²) in [7, 11) is 0. The number of nitrogens with zero attached hydrogens (tertiary/aromatic N) is 2. The van der Waals surface area contributed by atoms with Crippen molar-refractivity contribution >= 4 is 5.69 Å². The molecule has 0 aliphatic heterocycles. The van der Waals surface area contributed by atoms with Gasteiger partial charge in [-0.15, -0.1) is 0 Å². The van der Waals surface area contributed by atoms with Gasteiger partial charge in [-0.25, -0.2) is 0 Å². The van der Waals surface area contributed by atoms with Crippen molar-refractivity contribution in [1.29, 1.82) is 0 Å². The van der Waals surface area contributed by atoms with Crippen LogP contribution in [0.2, 0.25) is 0 Å². The van der Waals surface area contributed by atoms with Gasteiger partial charge < -0.3 is 15.1 Å². The van der Waals surface area contributed by atoms with Gasteiger partial charge in [-0.3, -0.25) is 4.98 Å². The Balaban J connectivity index is 2.70. The van der Waals surface area contributed by atoms with Gasteiger partial charge >= 0.3 is 0 Å². The molecule has 90 valence electrons. The Kier molecular flexibility index (Phi) is 5.22. The fourth-order valence-electron chi connectivity index (χ4n) is 1.56. The predicted molar refractivity (Wildman–Crippen MR) is 64.5 cm³/mol. The molecule has 16 heavy (non-hydrogen) atoms. The van der Waals surface area contributed by atoms with Gasteiger partial charge in [0.25, 0.3) is 0 Å². The number of hydrogen-bond acceptors (Lipinski definition) is 4. The quantitative estimate of drug-likeness (QED) is 0.765. The zero-order valence-corrected chi connectivity index (χ0v) is 9.93. The van der Waals surface area contributed by atoms with E-state index in [0.29, 0.717) is 5.69 Å². The first-order valence-corrected chi connectivity index (χ1v) is 5.68. The van der Waals surface area contributed by atoms with E-state index in [1.165, 1.54) is 0 Å². The number of anilines is 1. The summed E-state index contributed by atoms with van der Waals surface area (Å²) in [5, 5.41) is 18.1. The lowest BCUT2D eigenvalue weighted by atomic mass is 10.2. The van der Waals surface area contributed by atoms with Crippen molar-refractivity contribution in [3.8, 4) is 0 Å². The molecular formula is C12H20N2O2. The number of hydrogen-bond donors (Lipinski definition) is 2. The van der Waals surface area contributed by atoms with Gasteiger partial charge in [0.05, 0.1) is 23.7 Å². The predicted octanol–water partition coefficient (Wildman–Crippen LogP) is 1.34. The molecule has 0 saturated heterocycles. The average molecular weight is 224 g/mol. The number of aliphatic hydroxyl groups excluding tert-OH is 2. The maximum atomic E-state index is 9.34. The van der Waals surface area contributed by atoms with Crippen molar-refractivity contribution in [2.24, 2.45) is 0 Å². The lowest BCUT2D eigenvalue weighted by Crippen LogP contribution is -2.24. The minimum atomic E-state index is -0.526. The molecule has 0 saturated carbocycles. The second-order valence-electron chi connectivity index (χ2n) is 3.77. The molecule has 0 aliphatic carbocycles. The Morgan fingerprint density at radius 1 is 1.44 bits per heavy atom. The second kappa shape index (κ2) is 6.45. The smallest absolute Gasteiger partial charge is 0.0931 e. The molecule has 2 N–H and O–H groups in total. The molecule has 0 amide bonds. The van der Waals surface area contributed by atoms with Crippen LogP contribution in [0.15, 0.2) is 18.3 Å². The summed E-state index contributed by atoms with van der Waals surface area (Å²) in [4.78, 5) is 6.35. The van der Waals surface area contributed by atoms with E-state index in [1.54, 1.807) is 13.1 Å². The maximum Gasteiger partial charge on any atom is 0.0931 e. The lowest BCUT2D eigenvalue weighted by molar-refractivity contribution is 0.194. The van der Waals surface area contributed by atoms with Gasteiger partial charge in [0.2, 0.25) is 0 Å². The van der Waals surface area contributed by atoms with Crippen LogP contribution in [0.1, 0.15) is 32.1 Å². The van der Waals surface area contributed by atoms with Crippen molar-refractivity contribution in [2.45, 2.75) is 26.4 Å². The molecule has 1 atom stereocenters. The van der Waals surface area contributed by atoms with Crippen LogP contribution in [0.3, 0.4) is 0 Å². The molecule has 0 radical (unpaired) electrons. The minimum Gasteiger partial charge on any atom is -0.396 e. The van der Waals surface area contributed by atoms with E-state index in [9.17, 15) is 5.11 Å². The summed E-state index contributed by atoms with van der Waals surface area (Å²) < 4.78 is 0. The number of aliphatic hydroxyl groups is 2. The fraction of sp³-hybridized carbons (Fsp3) is 0.583. The fourth-order valence-corrected chi connectivity index (χ4v) is 1.56. The van der Waals surface area contributed by atoms with Gasteiger partial charge in [0, 0.05) is 19.7 Å². The number of pyridine rings is 1. The topological polar surface area (TPSA) is 56.6 Å². The molecule has 4 nitrogen and oxygen atoms in total. The lowest BCUT2D eigenvalue weighted by Gasteiger charge is -2.22. The summed E-state index contributed by atoms with van der Waals surface area (Å²) in [6.45, 7) is 5.68. The van der Waals surface area contributed by atoms with Gasteiger partial charge in [-0.05, 0) is 32.4 Å². The molecule has 0 aliphatic rings. The van der Waals surface area contributed by atoms with Crippen molar-refractivity contribution in [3.05, 3.63) is 24.0 Å². The Bertz CT molecular complexity index is 298. The molecule has 1 heterocycles. The van der Waals surface area contributed by atoms with Crippen molar-refractivity contribution in [2.75, 3.05) is 24.6 Å². The molecular weight excluding hydrogens is 204 g/mol. The van der Waals surface area contributed by atoms with Crippen molar-refractivity contribution in [3.63, 3.8) is 0 Å². The van der Waals surface area contributed by atoms with E-state index >= 15 is 0 Å². The van der Waals surface area contributed by atoms with Crippen LogP contribution in [-0.4, -0.2) is 34.9 Å². The third-order valence-electron chi connectivity index (χ3n) is 2.53. The normalized spacial score (nSPS) is 12.5. The molecule has 0 spiro atoms. The molecule has 1 aromatic heterocycles. The molecule has 0 bridgehead atoms. The van der Waals surface area contributed by atoms with Gasteiger partial charge in [0.1, 0.15) is 0 Å². The molecule has 1 aromatic rings. The van der Waals surface area contributed by atoms with E-state index in [4.69, 9.17) is 5.11 Å². The van der Waals surface area contributed by atoms with Crippen molar-refractivity contribution in [1.82, 2.24) is 4.98 Å². The van der Waals surface area contributed by atoms with Crippen LogP contribution in [0.4, 0.5) is 5.69 Å². The summed E-state index contributed by atoms with van der Waals surface area (Å²) in [5.74, 6) is 0. The van der Waals surface area contributed by atoms with Crippen LogP contribution < -0.4 is 4.90 Å². The summed E-state index contributed by atoms with van der Waals surface area (Å²) in [6.07, 6.45) is 2.00. The first-order chi connectivity index (χ1) is 7.69. The number of aromatic nitrogens is 1. The molecule has 0 unspecified atom stereocenters. The van der Waals surface area contributed by atoms with Crippen LogP contribution in [0.5, 0.6) is 0 Å². The first-order valence-electron chi connectivity index (χ1n) is 5.68. The van der Waals surface area contributed by atoms with E-state index in [1.807, 2.05) is 12.1 Å². The zero-order chi connectivity index (χ0) is 12.0. The summed E-state index contributed by atoms with van der Waals surface area (Å²) in [5.41, 5.74) is 1.71. The molecule has 0 aromatic carbocycles. The van der Waals surface area contributed by atoms with E-state index in [2.05, 4.69) is 16.8 Å². The monoisotopic (exact) mass is 224 g/mol. The van der Waals surface area contributed by atoms with E-state index in [-0.39, 0.29) is 6.61 Å². The highest BCUT2D eigenvalue weighted by molar-refractivity contribution is 5.44. The summed E-state index contributed by atoms with van der Waals surface area (Å²) in [6, 6.07) is 3.79. The highest BCUT2D eigenvalue weighted by atomic mass is 16.3. The highest BCUT2D eigenvalue weighted by Crippen LogP contribution is 2.16. The third-order valence-corrected chi connectivity index (χ3v) is 2.53. The van der Waals surface area contributed by atoms with Crippen molar-refractivity contribution < 1.29 is 10.2 Å². The van der Waals surface area contributed by atoms with E-state index in [0.717, 1.165) is 25.2 Å². The standard InChI is InChI=1S/C12H20N2O2/c1-3-14(7-4-8-15)11-5-6-12(10(2)16)13-9-11/h5-6,9-10,15-16H,3-4,7-8H2,1-2H3/t10-/m1/s1. The third kappa shape index (κ3) is 3.47. The van der Waals surface area contributed by atoms with Crippen LogP contribution in [-0.2, 0) is 0 Å². The Morgan fingerprint density at radius 3 is 2.62 bits per heavy atom. The Labute approximate surface area is 96.6 Å². The summed E-state index contributed by atoms with van der Waals surface area (Å²) >= 11 is 0. The van der Waals surface area contributed by atoms with Gasteiger partial charge in [-0.1, -0.05) is 0 Å².